The van der Waals surface area contributed by atoms with Crippen LogP contribution in [0.25, 0.3) is 10.9 Å². The summed E-state index contributed by atoms with van der Waals surface area (Å²) in [6, 6.07) is 15.8. The number of pyridine rings is 1. The molecule has 2 aromatic carbocycles. The largest absolute Gasteiger partial charge is 0.370 e. The lowest BCUT2D eigenvalue weighted by atomic mass is 10.1. The number of nitrogens with one attached hydrogen (secondary N) is 3. The summed E-state index contributed by atoms with van der Waals surface area (Å²) in [6.07, 6.45) is 0. The molecule has 1 aliphatic heterocycles. The Kier molecular flexibility index (Phi) is 6.26. The first-order valence-corrected chi connectivity index (χ1v) is 10.5. The highest BCUT2D eigenvalue weighted by molar-refractivity contribution is 6.07. The van der Waals surface area contributed by atoms with Crippen LogP contribution in [0.1, 0.15) is 21.5 Å². The molecule has 0 unspecified atom stereocenters. The van der Waals surface area contributed by atoms with Crippen LogP contribution in [0.4, 0.5) is 11.5 Å². The van der Waals surface area contributed by atoms with Crippen LogP contribution in [-0.2, 0) is 4.74 Å². The maximum Gasteiger partial charge on any atom is 0.252 e. The fourth-order valence-electron chi connectivity index (χ4n) is 3.75. The van der Waals surface area contributed by atoms with Crippen LogP contribution < -0.4 is 15.5 Å². The molecule has 1 saturated heterocycles. The molecule has 0 aliphatic carbocycles. The lowest BCUT2D eigenvalue weighted by molar-refractivity contribution is -0.906. The molecule has 1 aromatic heterocycles. The van der Waals surface area contributed by atoms with Crippen LogP contribution in [0, 0.1) is 13.8 Å². The monoisotopic (exact) mass is 405 g/mol. The van der Waals surface area contributed by atoms with E-state index in [0.717, 1.165) is 49.4 Å². The fourth-order valence-corrected chi connectivity index (χ4v) is 3.75. The van der Waals surface area contributed by atoms with Crippen LogP contribution in [0.2, 0.25) is 0 Å². The standard InChI is InChI=1S/C24H28N4O2/c1-17-7-8-19(15-18(17)2)26-23-16-21(20-5-3-4-6-22(20)27-23)24(29)25-9-10-28-11-13-30-14-12-28/h3-8,15-16H,9-14H2,1-2H3,(H,25,29)(H,26,27)/p+1. The van der Waals surface area contributed by atoms with Gasteiger partial charge in [0.15, 0.2) is 0 Å². The first-order valence-electron chi connectivity index (χ1n) is 10.5. The summed E-state index contributed by atoms with van der Waals surface area (Å²) >= 11 is 0. The van der Waals surface area contributed by atoms with Gasteiger partial charge in [0.25, 0.3) is 5.91 Å². The molecule has 0 saturated carbocycles. The van der Waals surface area contributed by atoms with Gasteiger partial charge in [-0.05, 0) is 49.2 Å². The highest BCUT2D eigenvalue weighted by atomic mass is 16.5. The zero-order chi connectivity index (χ0) is 20.9. The van der Waals surface area contributed by atoms with Crippen LogP contribution in [0.15, 0.2) is 48.5 Å². The summed E-state index contributed by atoms with van der Waals surface area (Å²) in [5.74, 6) is 0.602. The molecule has 3 aromatic rings. The van der Waals surface area contributed by atoms with Gasteiger partial charge in [-0.25, -0.2) is 4.98 Å². The quantitative estimate of drug-likeness (QED) is 0.588. The Labute approximate surface area is 177 Å². The summed E-state index contributed by atoms with van der Waals surface area (Å²) in [4.78, 5) is 19.2. The normalized spacial score (nSPS) is 14.6. The van der Waals surface area contributed by atoms with Gasteiger partial charge in [-0.1, -0.05) is 24.3 Å². The van der Waals surface area contributed by atoms with E-state index in [9.17, 15) is 4.79 Å². The molecule has 1 aliphatic rings. The average Bonchev–Trinajstić information content (AvgIpc) is 2.76. The predicted molar refractivity (Wildman–Crippen MR) is 120 cm³/mol. The van der Waals surface area contributed by atoms with Crippen molar-refractivity contribution in [2.45, 2.75) is 13.8 Å². The average molecular weight is 406 g/mol. The van der Waals surface area contributed by atoms with Crippen molar-refractivity contribution in [1.82, 2.24) is 10.3 Å². The number of carbonyl (C=O) groups excluding carboxylic acids is 1. The van der Waals surface area contributed by atoms with E-state index < -0.39 is 0 Å². The molecule has 0 spiro atoms. The Morgan fingerprint density at radius 3 is 2.67 bits per heavy atom. The Morgan fingerprint density at radius 1 is 1.07 bits per heavy atom. The van der Waals surface area contributed by atoms with E-state index in [2.05, 4.69) is 36.6 Å². The number of nitrogens with zero attached hydrogens (tertiary/aromatic N) is 1. The minimum Gasteiger partial charge on any atom is -0.370 e. The number of para-hydroxylation sites is 1. The van der Waals surface area contributed by atoms with Crippen molar-refractivity contribution in [3.05, 3.63) is 65.2 Å². The molecule has 30 heavy (non-hydrogen) atoms. The molecule has 156 valence electrons. The van der Waals surface area contributed by atoms with Gasteiger partial charge in [0, 0.05) is 11.1 Å². The molecule has 2 heterocycles. The minimum absolute atomic E-state index is 0.0654. The molecule has 0 radical (unpaired) electrons. The number of hydrogen-bond donors (Lipinski definition) is 3. The Hall–Kier alpha value is -2.96. The minimum atomic E-state index is -0.0654. The molecule has 4 rings (SSSR count). The van der Waals surface area contributed by atoms with E-state index in [1.54, 1.807) is 0 Å². The van der Waals surface area contributed by atoms with Gasteiger partial charge in [-0.15, -0.1) is 0 Å². The second-order valence-electron chi connectivity index (χ2n) is 7.86. The lowest BCUT2D eigenvalue weighted by Crippen LogP contribution is -3.14. The zero-order valence-electron chi connectivity index (χ0n) is 17.6. The van der Waals surface area contributed by atoms with E-state index in [0.29, 0.717) is 17.9 Å². The highest BCUT2D eigenvalue weighted by Crippen LogP contribution is 2.24. The van der Waals surface area contributed by atoms with Crippen molar-refractivity contribution < 1.29 is 14.4 Å². The van der Waals surface area contributed by atoms with Crippen molar-refractivity contribution in [2.75, 3.05) is 44.7 Å². The smallest absolute Gasteiger partial charge is 0.252 e. The van der Waals surface area contributed by atoms with Gasteiger partial charge in [0.05, 0.1) is 37.4 Å². The fraction of sp³-hybridized carbons (Fsp3) is 0.333. The van der Waals surface area contributed by atoms with Gasteiger partial charge >= 0.3 is 0 Å². The number of anilines is 2. The molecular formula is C24H29N4O2+. The number of benzene rings is 2. The summed E-state index contributed by atoms with van der Waals surface area (Å²) in [5, 5.41) is 7.31. The van der Waals surface area contributed by atoms with Gasteiger partial charge in [0.2, 0.25) is 0 Å². The summed E-state index contributed by atoms with van der Waals surface area (Å²) in [7, 11) is 0. The Morgan fingerprint density at radius 2 is 1.87 bits per heavy atom. The summed E-state index contributed by atoms with van der Waals surface area (Å²) in [5.41, 5.74) is 4.86. The second-order valence-corrected chi connectivity index (χ2v) is 7.86. The van der Waals surface area contributed by atoms with Crippen molar-refractivity contribution in [3.8, 4) is 0 Å². The van der Waals surface area contributed by atoms with Crippen molar-refractivity contribution in [2.24, 2.45) is 0 Å². The maximum absolute atomic E-state index is 13.0. The number of rotatable bonds is 6. The number of fused-ring (bicyclic) bond motifs is 1. The van der Waals surface area contributed by atoms with Crippen LogP contribution in [0.3, 0.4) is 0 Å². The molecule has 0 bridgehead atoms. The zero-order valence-corrected chi connectivity index (χ0v) is 17.6. The molecule has 6 heteroatoms. The van der Waals surface area contributed by atoms with Gasteiger partial charge < -0.3 is 20.3 Å². The molecule has 1 amide bonds. The number of quaternary nitrogens is 1. The summed E-state index contributed by atoms with van der Waals surface area (Å²) < 4.78 is 5.40. The topological polar surface area (TPSA) is 67.7 Å². The number of carbonyl (C=O) groups is 1. The third-order valence-corrected chi connectivity index (χ3v) is 5.70. The number of ether oxygens (including phenoxy) is 1. The van der Waals surface area contributed by atoms with E-state index >= 15 is 0 Å². The van der Waals surface area contributed by atoms with Gasteiger partial charge in [0.1, 0.15) is 18.9 Å². The van der Waals surface area contributed by atoms with Crippen LogP contribution >= 0.6 is 0 Å². The number of hydrogen-bond acceptors (Lipinski definition) is 4. The third-order valence-electron chi connectivity index (χ3n) is 5.70. The number of amides is 1. The number of morpholine rings is 1. The van der Waals surface area contributed by atoms with Crippen LogP contribution in [-0.4, -0.2) is 50.3 Å². The highest BCUT2D eigenvalue weighted by Gasteiger charge is 2.16. The van der Waals surface area contributed by atoms with E-state index in [1.807, 2.05) is 36.4 Å². The van der Waals surface area contributed by atoms with E-state index in [1.165, 1.54) is 16.0 Å². The van der Waals surface area contributed by atoms with Crippen molar-refractivity contribution in [3.63, 3.8) is 0 Å². The second kappa shape index (κ2) is 9.24. The molecule has 0 atom stereocenters. The lowest BCUT2D eigenvalue weighted by Gasteiger charge is -2.23. The van der Waals surface area contributed by atoms with Crippen molar-refractivity contribution >= 4 is 28.3 Å². The number of aromatic nitrogens is 1. The van der Waals surface area contributed by atoms with Gasteiger partial charge in [-0.2, -0.15) is 0 Å². The third kappa shape index (κ3) is 4.78. The van der Waals surface area contributed by atoms with E-state index in [-0.39, 0.29) is 5.91 Å². The first-order chi connectivity index (χ1) is 14.6. The molecule has 6 nitrogen and oxygen atoms in total. The van der Waals surface area contributed by atoms with Gasteiger partial charge in [-0.3, -0.25) is 4.79 Å². The predicted octanol–water partition coefficient (Wildman–Crippen LogP) is 2.24. The number of aryl methyl sites for hydroxylation is 2. The van der Waals surface area contributed by atoms with Crippen molar-refractivity contribution in [1.29, 1.82) is 0 Å². The first kappa shape index (κ1) is 20.3. The molecular weight excluding hydrogens is 376 g/mol. The Bertz CT molecular complexity index is 1040. The Balaban J connectivity index is 1.53. The summed E-state index contributed by atoms with van der Waals surface area (Å²) in [6.45, 7) is 9.32. The maximum atomic E-state index is 13.0. The van der Waals surface area contributed by atoms with E-state index in [4.69, 9.17) is 9.72 Å². The van der Waals surface area contributed by atoms with Crippen LogP contribution in [0.5, 0.6) is 0 Å². The molecule has 1 fully saturated rings. The molecule has 3 N–H and O–H groups in total. The SMILES string of the molecule is Cc1ccc(Nc2cc(C(=O)NCC[NH+]3CCOCC3)c3ccccc3n2)cc1C.